The predicted octanol–water partition coefficient (Wildman–Crippen LogP) is 9.32. The Morgan fingerprint density at radius 2 is 1.88 bits per heavy atom. The van der Waals surface area contributed by atoms with Crippen LogP contribution in [0.1, 0.15) is 70.8 Å². The van der Waals surface area contributed by atoms with Gasteiger partial charge in [0.05, 0.1) is 26.8 Å². The van der Waals surface area contributed by atoms with Crippen LogP contribution in [-0.4, -0.2) is 21.8 Å². The van der Waals surface area contributed by atoms with Gasteiger partial charge in [-0.2, -0.15) is 5.10 Å². The minimum Gasteiger partial charge on any atom is -0.393 e. The molecule has 0 saturated heterocycles. The summed E-state index contributed by atoms with van der Waals surface area (Å²) in [5.74, 6) is 2.07. The fourth-order valence-electron chi connectivity index (χ4n) is 9.01. The van der Waals surface area contributed by atoms with Crippen LogP contribution < -0.4 is 5.43 Å². The fourth-order valence-corrected chi connectivity index (χ4v) is 9.32. The summed E-state index contributed by atoms with van der Waals surface area (Å²) in [6.45, 7) is 4.91. The summed E-state index contributed by atoms with van der Waals surface area (Å²) in [5, 5.41) is 27.9. The number of hydrogen-bond acceptors (Lipinski definition) is 5. The maximum absolute atomic E-state index is 11.7. The molecule has 6 nitrogen and oxygen atoms in total. The van der Waals surface area contributed by atoms with E-state index < -0.39 is 0 Å². The van der Waals surface area contributed by atoms with Gasteiger partial charge in [0.2, 0.25) is 0 Å². The normalized spacial score (nSPS) is 34.4. The standard InChI is InChI=1S/C34H39Cl2N3O3/c1-33-17-15-23(40)20-22(33)9-10-24-25-11-12-27(34(25,2)18-16-26(24)33)30(14-8-21-7-13-28(35)29(36)19-21)37-38-31-5-3-4-6-32(31)39(41)42/h3-9,13-14,19,23-27,38,40H,10-12,15-18,20H2,1-2H3/b14-8+,37-30+/t23-,24-,25-,26-,27+,33-,34-/m0/s1. The third-order valence-electron chi connectivity index (χ3n) is 11.2. The summed E-state index contributed by atoms with van der Waals surface area (Å²) < 4.78 is 0. The second-order valence-corrected chi connectivity index (χ2v) is 14.1. The number of rotatable bonds is 6. The number of benzene rings is 2. The third-order valence-corrected chi connectivity index (χ3v) is 12.0. The Labute approximate surface area is 258 Å². The van der Waals surface area contributed by atoms with Crippen molar-refractivity contribution < 1.29 is 10.0 Å². The molecule has 2 aromatic carbocycles. The summed E-state index contributed by atoms with van der Waals surface area (Å²) in [5.41, 5.74) is 7.02. The number of anilines is 1. The Morgan fingerprint density at radius 1 is 1.07 bits per heavy atom. The zero-order chi connectivity index (χ0) is 29.6. The molecule has 0 spiro atoms. The van der Waals surface area contributed by atoms with Gasteiger partial charge in [-0.15, -0.1) is 0 Å². The summed E-state index contributed by atoms with van der Waals surface area (Å²) in [7, 11) is 0. The molecule has 0 bridgehead atoms. The van der Waals surface area contributed by atoms with Crippen LogP contribution >= 0.6 is 23.2 Å². The van der Waals surface area contributed by atoms with E-state index >= 15 is 0 Å². The summed E-state index contributed by atoms with van der Waals surface area (Å²) >= 11 is 12.5. The molecule has 42 heavy (non-hydrogen) atoms. The van der Waals surface area contributed by atoms with Crippen LogP contribution in [0.2, 0.25) is 10.0 Å². The lowest BCUT2D eigenvalue weighted by molar-refractivity contribution is -0.384. The van der Waals surface area contributed by atoms with Crippen LogP contribution in [0.5, 0.6) is 0 Å². The van der Waals surface area contributed by atoms with Gasteiger partial charge in [0.15, 0.2) is 0 Å². The van der Waals surface area contributed by atoms with Crippen molar-refractivity contribution in [3.05, 3.63) is 85.9 Å². The van der Waals surface area contributed by atoms with Gasteiger partial charge in [-0.1, -0.05) is 73.0 Å². The van der Waals surface area contributed by atoms with Crippen LogP contribution in [0.4, 0.5) is 11.4 Å². The predicted molar refractivity (Wildman–Crippen MR) is 171 cm³/mol. The molecular weight excluding hydrogens is 569 g/mol. The van der Waals surface area contributed by atoms with E-state index in [-0.39, 0.29) is 33.5 Å². The molecule has 0 aromatic heterocycles. The second kappa shape index (κ2) is 11.4. The van der Waals surface area contributed by atoms with E-state index in [0.717, 1.165) is 56.2 Å². The van der Waals surface area contributed by atoms with Gasteiger partial charge >= 0.3 is 0 Å². The zero-order valence-corrected chi connectivity index (χ0v) is 25.7. The molecule has 0 amide bonds. The van der Waals surface area contributed by atoms with Crippen molar-refractivity contribution in [3.8, 4) is 0 Å². The Balaban J connectivity index is 1.33. The van der Waals surface area contributed by atoms with Crippen molar-refractivity contribution in [1.82, 2.24) is 0 Å². The lowest BCUT2D eigenvalue weighted by atomic mass is 9.47. The van der Waals surface area contributed by atoms with E-state index in [1.54, 1.807) is 24.3 Å². The van der Waals surface area contributed by atoms with Crippen LogP contribution in [0.15, 0.2) is 65.3 Å². The maximum atomic E-state index is 11.7. The van der Waals surface area contributed by atoms with Crippen molar-refractivity contribution in [3.63, 3.8) is 0 Å². The van der Waals surface area contributed by atoms with Crippen molar-refractivity contribution in [1.29, 1.82) is 0 Å². The molecule has 7 atom stereocenters. The topological polar surface area (TPSA) is 87.8 Å². The monoisotopic (exact) mass is 607 g/mol. The second-order valence-electron chi connectivity index (χ2n) is 13.3. The summed E-state index contributed by atoms with van der Waals surface area (Å²) in [4.78, 5) is 11.3. The number of aliphatic hydroxyl groups is 1. The first-order chi connectivity index (χ1) is 20.1. The Hall–Kier alpha value is -2.67. The smallest absolute Gasteiger partial charge is 0.294 e. The van der Waals surface area contributed by atoms with Crippen molar-refractivity contribution >= 4 is 46.4 Å². The number of nitrogens with zero attached hydrogens (tertiary/aromatic N) is 2. The molecule has 6 rings (SSSR count). The number of para-hydroxylation sites is 2. The van der Waals surface area contributed by atoms with Gasteiger partial charge in [0.1, 0.15) is 5.69 Å². The summed E-state index contributed by atoms with van der Waals surface area (Å²) in [6, 6.07) is 12.2. The van der Waals surface area contributed by atoms with Crippen LogP contribution in [-0.2, 0) is 0 Å². The first kappa shape index (κ1) is 29.4. The molecule has 0 unspecified atom stereocenters. The van der Waals surface area contributed by atoms with Crippen molar-refractivity contribution in [2.75, 3.05) is 5.43 Å². The first-order valence-corrected chi connectivity index (χ1v) is 15.9. The quantitative estimate of drug-likeness (QED) is 0.148. The maximum Gasteiger partial charge on any atom is 0.294 e. The highest BCUT2D eigenvalue weighted by molar-refractivity contribution is 6.42. The highest BCUT2D eigenvalue weighted by atomic mass is 35.5. The molecule has 0 aliphatic heterocycles. The number of nitro benzene ring substituents is 1. The number of nitrogens with one attached hydrogen (secondary N) is 1. The molecule has 2 aromatic rings. The number of hydrogen-bond donors (Lipinski definition) is 2. The number of halogens is 2. The minimum absolute atomic E-state index is 0.000669. The summed E-state index contributed by atoms with van der Waals surface area (Å²) in [6.07, 6.45) is 14.7. The Morgan fingerprint density at radius 3 is 2.67 bits per heavy atom. The number of nitro groups is 1. The Bertz CT molecular complexity index is 1470. The van der Waals surface area contributed by atoms with Gasteiger partial charge in [0, 0.05) is 12.0 Å². The largest absolute Gasteiger partial charge is 0.393 e. The Kier molecular flexibility index (Phi) is 8.01. The number of hydrazone groups is 1. The first-order valence-electron chi connectivity index (χ1n) is 15.2. The van der Waals surface area contributed by atoms with E-state index in [2.05, 4.69) is 31.4 Å². The molecular formula is C34H39Cl2N3O3. The average Bonchev–Trinajstić information content (AvgIpc) is 3.32. The van der Waals surface area contributed by atoms with Gasteiger partial charge in [-0.25, -0.2) is 0 Å². The lowest BCUT2D eigenvalue weighted by Gasteiger charge is -2.58. The van der Waals surface area contributed by atoms with E-state index in [4.69, 9.17) is 28.3 Å². The van der Waals surface area contributed by atoms with Crippen LogP contribution in [0.25, 0.3) is 6.08 Å². The molecule has 8 heteroatoms. The van der Waals surface area contributed by atoms with E-state index in [1.165, 1.54) is 18.1 Å². The van der Waals surface area contributed by atoms with E-state index in [1.807, 2.05) is 18.2 Å². The molecule has 2 N–H and O–H groups in total. The van der Waals surface area contributed by atoms with Crippen molar-refractivity contribution in [2.24, 2.45) is 39.6 Å². The highest BCUT2D eigenvalue weighted by Crippen LogP contribution is 2.66. The number of aliphatic hydroxyl groups excluding tert-OH is 1. The van der Waals surface area contributed by atoms with E-state index in [0.29, 0.717) is 33.5 Å². The molecule has 3 fully saturated rings. The molecule has 3 saturated carbocycles. The minimum atomic E-state index is -0.382. The molecule has 4 aliphatic carbocycles. The van der Waals surface area contributed by atoms with Gasteiger partial charge in [-0.05, 0) is 110 Å². The zero-order valence-electron chi connectivity index (χ0n) is 24.2. The highest BCUT2D eigenvalue weighted by Gasteiger charge is 2.59. The van der Waals surface area contributed by atoms with Gasteiger partial charge in [-0.3, -0.25) is 15.5 Å². The SMILES string of the molecule is C[C@]12CC[C@H]3[C@@H](CC=C4C[C@@H](O)CC[C@@]43C)[C@@H]1CC[C@@H]2C(/C=C/c1ccc(Cl)c(Cl)c1)=N/Nc1ccccc1[N+](=O)[O-]. The van der Waals surface area contributed by atoms with Crippen LogP contribution in [0, 0.1) is 44.6 Å². The van der Waals surface area contributed by atoms with Gasteiger partial charge < -0.3 is 5.11 Å². The molecule has 0 radical (unpaired) electrons. The fraction of sp³-hybridized carbons (Fsp3) is 0.500. The average molecular weight is 609 g/mol. The van der Waals surface area contributed by atoms with Crippen molar-refractivity contribution in [2.45, 2.75) is 71.3 Å². The third kappa shape index (κ3) is 5.20. The number of allylic oxidation sites excluding steroid dienone is 2. The van der Waals surface area contributed by atoms with Crippen LogP contribution in [0.3, 0.4) is 0 Å². The lowest BCUT2D eigenvalue weighted by Crippen LogP contribution is -2.51. The van der Waals surface area contributed by atoms with Gasteiger partial charge in [0.25, 0.3) is 5.69 Å². The molecule has 4 aliphatic rings. The molecule has 222 valence electrons. The number of fused-ring (bicyclic) bond motifs is 5. The van der Waals surface area contributed by atoms with E-state index in [9.17, 15) is 15.2 Å². The molecule has 0 heterocycles.